The van der Waals surface area contributed by atoms with Crippen molar-refractivity contribution in [3.63, 3.8) is 0 Å². The summed E-state index contributed by atoms with van der Waals surface area (Å²) in [6.07, 6.45) is 0.000926. The highest BCUT2D eigenvalue weighted by Crippen LogP contribution is 2.22. The molecule has 1 N–H and O–H groups in total. The summed E-state index contributed by atoms with van der Waals surface area (Å²) < 4.78 is 34.5. The molecule has 1 aliphatic heterocycles. The number of rotatable bonds is 1. The number of allylic oxidation sites excluding steroid dienone is 1. The van der Waals surface area contributed by atoms with E-state index in [1.807, 2.05) is 0 Å². The largest absolute Gasteiger partial charge is 0.476 e. The molecule has 0 spiro atoms. The van der Waals surface area contributed by atoms with Gasteiger partial charge in [0.1, 0.15) is 0 Å². The van der Waals surface area contributed by atoms with Gasteiger partial charge in [0, 0.05) is 0 Å². The van der Waals surface area contributed by atoms with Crippen LogP contribution in [0.5, 0.6) is 0 Å². The van der Waals surface area contributed by atoms with Crippen LogP contribution in [0, 0.1) is 0 Å². The van der Waals surface area contributed by atoms with E-state index in [4.69, 9.17) is 5.11 Å². The Balaban J connectivity index is 2.80. The van der Waals surface area contributed by atoms with Crippen LogP contribution in [0.2, 0.25) is 0 Å². The first-order chi connectivity index (χ1) is 5.92. The molecule has 0 aliphatic carbocycles. The van der Waals surface area contributed by atoms with Gasteiger partial charge in [-0.3, -0.25) is 0 Å². The molecule has 4 nitrogen and oxygen atoms in total. The molecule has 74 valence electrons. The summed E-state index contributed by atoms with van der Waals surface area (Å²) in [5.41, 5.74) is 0.0994. The molecule has 0 aromatic heterocycles. The molecule has 1 rings (SSSR count). The number of hydrogen-bond donors (Lipinski definition) is 1. The van der Waals surface area contributed by atoms with Crippen molar-refractivity contribution in [1.82, 2.24) is 0 Å². The van der Waals surface area contributed by atoms with Crippen LogP contribution in [-0.4, -0.2) is 31.0 Å². The molecule has 6 heteroatoms. The fourth-order valence-electron chi connectivity index (χ4n) is 1.16. The van der Waals surface area contributed by atoms with E-state index in [0.717, 1.165) is 0 Å². The van der Waals surface area contributed by atoms with E-state index in [2.05, 4.69) is 0 Å². The Morgan fingerprint density at radius 2 is 1.77 bits per heavy atom. The van der Waals surface area contributed by atoms with Gasteiger partial charge < -0.3 is 5.11 Å². The Bertz CT molecular complexity index is 339. The molecule has 0 saturated carbocycles. The van der Waals surface area contributed by atoms with Crippen LogP contribution in [0.4, 0.5) is 4.39 Å². The van der Waals surface area contributed by atoms with Crippen molar-refractivity contribution in [2.45, 2.75) is 12.8 Å². The molecule has 1 fully saturated rings. The zero-order valence-corrected chi connectivity index (χ0v) is 7.60. The van der Waals surface area contributed by atoms with Crippen LogP contribution in [0.1, 0.15) is 12.8 Å². The molecule has 0 aromatic carbocycles. The lowest BCUT2D eigenvalue weighted by Gasteiger charge is -2.14. The Kier molecular flexibility index (Phi) is 2.70. The van der Waals surface area contributed by atoms with Crippen LogP contribution in [-0.2, 0) is 14.6 Å². The number of carboxylic acid groups (broad SMARTS) is 1. The Morgan fingerprint density at radius 1 is 1.31 bits per heavy atom. The summed E-state index contributed by atoms with van der Waals surface area (Å²) in [6.45, 7) is 0. The van der Waals surface area contributed by atoms with E-state index in [-0.39, 0.29) is 29.9 Å². The average Bonchev–Trinajstić information content (AvgIpc) is 2.03. The van der Waals surface area contributed by atoms with Gasteiger partial charge in [0.25, 0.3) is 0 Å². The number of hydrogen-bond acceptors (Lipinski definition) is 3. The molecule has 0 aromatic rings. The van der Waals surface area contributed by atoms with Crippen molar-refractivity contribution in [2.24, 2.45) is 0 Å². The minimum Gasteiger partial charge on any atom is -0.476 e. The van der Waals surface area contributed by atoms with Crippen LogP contribution in [0.15, 0.2) is 11.4 Å². The molecule has 0 atom stereocenters. The maximum atomic E-state index is 12.7. The van der Waals surface area contributed by atoms with Crippen LogP contribution in [0.25, 0.3) is 0 Å². The molecule has 1 aliphatic rings. The predicted octanol–water partition coefficient (Wildman–Crippen LogP) is 0.503. The second kappa shape index (κ2) is 3.45. The van der Waals surface area contributed by atoms with Crippen LogP contribution < -0.4 is 0 Å². The summed E-state index contributed by atoms with van der Waals surface area (Å²) in [5.74, 6) is -3.12. The number of aliphatic carboxylic acids is 1. The zero-order valence-electron chi connectivity index (χ0n) is 6.79. The monoisotopic (exact) mass is 208 g/mol. The topological polar surface area (TPSA) is 71.4 Å². The van der Waals surface area contributed by atoms with Gasteiger partial charge in [0.05, 0.1) is 11.5 Å². The fraction of sp³-hybridized carbons (Fsp3) is 0.571. The fourth-order valence-corrected chi connectivity index (χ4v) is 2.47. The maximum Gasteiger partial charge on any atom is 0.364 e. The normalized spacial score (nSPS) is 21.2. The van der Waals surface area contributed by atoms with Gasteiger partial charge in [-0.1, -0.05) is 0 Å². The maximum absolute atomic E-state index is 12.7. The zero-order chi connectivity index (χ0) is 10.1. The first-order valence-corrected chi connectivity index (χ1v) is 5.56. The Labute approximate surface area is 75.0 Å². The smallest absolute Gasteiger partial charge is 0.364 e. The van der Waals surface area contributed by atoms with Crippen molar-refractivity contribution in [3.8, 4) is 0 Å². The molecular weight excluding hydrogens is 199 g/mol. The summed E-state index contributed by atoms with van der Waals surface area (Å²) in [6, 6.07) is 0. The third-order valence-corrected chi connectivity index (χ3v) is 3.58. The minimum absolute atomic E-state index is 0.000463. The van der Waals surface area contributed by atoms with Gasteiger partial charge in [-0.05, 0) is 18.4 Å². The third kappa shape index (κ3) is 2.51. The van der Waals surface area contributed by atoms with E-state index in [1.54, 1.807) is 0 Å². The lowest BCUT2D eigenvalue weighted by molar-refractivity contribution is -0.134. The highest BCUT2D eigenvalue weighted by Gasteiger charge is 2.23. The number of carboxylic acids is 1. The molecular formula is C7H9FO4S. The van der Waals surface area contributed by atoms with E-state index in [0.29, 0.717) is 0 Å². The summed E-state index contributed by atoms with van der Waals surface area (Å²) in [5, 5.41) is 8.28. The Hall–Kier alpha value is -0.910. The van der Waals surface area contributed by atoms with Gasteiger partial charge in [-0.15, -0.1) is 0 Å². The molecule has 1 saturated heterocycles. The molecule has 0 bridgehead atoms. The lowest BCUT2D eigenvalue weighted by Crippen LogP contribution is -2.19. The minimum atomic E-state index is -3.07. The third-order valence-electron chi connectivity index (χ3n) is 1.93. The molecule has 0 unspecified atom stereocenters. The first kappa shape index (κ1) is 10.2. The highest BCUT2D eigenvalue weighted by atomic mass is 32.2. The number of carbonyl (C=O) groups is 1. The summed E-state index contributed by atoms with van der Waals surface area (Å²) in [4.78, 5) is 10.2. The van der Waals surface area contributed by atoms with Crippen molar-refractivity contribution in [1.29, 1.82) is 0 Å². The SMILES string of the molecule is O=C(O)C(F)=C1CCS(=O)(=O)CC1. The quantitative estimate of drug-likeness (QED) is 0.637. The van der Waals surface area contributed by atoms with Crippen LogP contribution >= 0.6 is 0 Å². The number of halogens is 1. The van der Waals surface area contributed by atoms with Gasteiger partial charge in [0.2, 0.25) is 5.83 Å². The van der Waals surface area contributed by atoms with E-state index in [1.165, 1.54) is 0 Å². The second-order valence-corrected chi connectivity index (χ2v) is 5.18. The van der Waals surface area contributed by atoms with Crippen molar-refractivity contribution in [2.75, 3.05) is 11.5 Å². The average molecular weight is 208 g/mol. The van der Waals surface area contributed by atoms with Crippen LogP contribution in [0.3, 0.4) is 0 Å². The second-order valence-electron chi connectivity index (χ2n) is 2.87. The summed E-state index contributed by atoms with van der Waals surface area (Å²) >= 11 is 0. The lowest BCUT2D eigenvalue weighted by atomic mass is 10.1. The first-order valence-electron chi connectivity index (χ1n) is 3.73. The van der Waals surface area contributed by atoms with Gasteiger partial charge in [0.15, 0.2) is 9.84 Å². The molecule has 0 radical (unpaired) electrons. The van der Waals surface area contributed by atoms with Crippen molar-refractivity contribution in [3.05, 3.63) is 11.4 Å². The highest BCUT2D eigenvalue weighted by molar-refractivity contribution is 7.91. The Morgan fingerprint density at radius 3 is 2.15 bits per heavy atom. The van der Waals surface area contributed by atoms with Gasteiger partial charge >= 0.3 is 5.97 Å². The van der Waals surface area contributed by atoms with E-state index >= 15 is 0 Å². The molecule has 13 heavy (non-hydrogen) atoms. The standard InChI is InChI=1S/C7H9FO4S/c8-6(7(9)10)5-1-3-13(11,12)4-2-5/h1-4H2,(H,9,10). The predicted molar refractivity (Wildman–Crippen MR) is 43.7 cm³/mol. The summed E-state index contributed by atoms with van der Waals surface area (Å²) in [7, 11) is -3.07. The van der Waals surface area contributed by atoms with Crippen molar-refractivity contribution < 1.29 is 22.7 Å². The van der Waals surface area contributed by atoms with Gasteiger partial charge in [-0.25, -0.2) is 13.2 Å². The van der Waals surface area contributed by atoms with E-state index in [9.17, 15) is 17.6 Å². The van der Waals surface area contributed by atoms with Crippen molar-refractivity contribution >= 4 is 15.8 Å². The van der Waals surface area contributed by atoms with Gasteiger partial charge in [-0.2, -0.15) is 4.39 Å². The number of sulfone groups is 1. The molecule has 1 heterocycles. The molecule has 0 amide bonds. The van der Waals surface area contributed by atoms with E-state index < -0.39 is 21.6 Å².